The van der Waals surface area contributed by atoms with E-state index in [9.17, 15) is 0 Å². The lowest BCUT2D eigenvalue weighted by atomic mass is 9.67. The lowest BCUT2D eigenvalue weighted by Gasteiger charge is -2.39. The van der Waals surface area contributed by atoms with Crippen molar-refractivity contribution in [2.45, 2.75) is 34.5 Å². The van der Waals surface area contributed by atoms with E-state index in [1.165, 1.54) is 54.3 Å². The summed E-state index contributed by atoms with van der Waals surface area (Å²) in [6.07, 6.45) is 3.41. The van der Waals surface area contributed by atoms with Crippen LogP contribution in [0.5, 0.6) is 0 Å². The monoisotopic (exact) mass is 836 g/mol. The van der Waals surface area contributed by atoms with Crippen LogP contribution in [0.25, 0.3) is 50.5 Å². The quantitative estimate of drug-likeness (QED) is 0.160. The predicted molar refractivity (Wildman–Crippen MR) is 266 cm³/mol. The fraction of sp³-hybridized carbons (Fsp3) is 0.0820. The van der Waals surface area contributed by atoms with Crippen LogP contribution in [0.4, 0.5) is 0 Å². The summed E-state index contributed by atoms with van der Waals surface area (Å²) in [6.45, 7) is 2.31. The fourth-order valence-electron chi connectivity index (χ4n) is 10.7. The van der Waals surface area contributed by atoms with Gasteiger partial charge in [-0.05, 0) is 86.8 Å². The van der Waals surface area contributed by atoms with Crippen LogP contribution in [0.1, 0.15) is 58.2 Å². The second kappa shape index (κ2) is 15.8. The number of fused-ring (bicyclic) bond motifs is 9. The Hall–Kier alpha value is -7.33. The summed E-state index contributed by atoms with van der Waals surface area (Å²) in [7, 11) is 0. The van der Waals surface area contributed by atoms with Gasteiger partial charge in [0.2, 0.25) is 0 Å². The molecule has 0 bridgehead atoms. The van der Waals surface area contributed by atoms with Crippen molar-refractivity contribution in [2.75, 3.05) is 0 Å². The van der Waals surface area contributed by atoms with Gasteiger partial charge < -0.3 is 0 Å². The topological polar surface area (TPSA) is 25.2 Å². The molecule has 8 aromatic carbocycles. The highest BCUT2D eigenvalue weighted by molar-refractivity contribution is 7.99. The van der Waals surface area contributed by atoms with Crippen molar-refractivity contribution in [3.05, 3.63) is 263 Å². The molecule has 0 fully saturated rings. The van der Waals surface area contributed by atoms with E-state index in [4.69, 9.17) is 9.98 Å². The second-order valence-electron chi connectivity index (χ2n) is 17.1. The van der Waals surface area contributed by atoms with Crippen molar-refractivity contribution in [1.29, 1.82) is 0 Å². The van der Waals surface area contributed by atoms with Gasteiger partial charge in [0.05, 0.1) is 28.2 Å². The number of aromatic nitrogens is 1. The Morgan fingerprint density at radius 1 is 0.453 bits per heavy atom. The average Bonchev–Trinajstić information content (AvgIpc) is 3.66. The molecule has 12 rings (SSSR count). The number of allylic oxidation sites excluding steroid dienone is 1. The molecule has 0 N–H and O–H groups in total. The van der Waals surface area contributed by atoms with Crippen molar-refractivity contribution >= 4 is 23.2 Å². The Kier molecular flexibility index (Phi) is 9.46. The van der Waals surface area contributed by atoms with E-state index in [0.29, 0.717) is 0 Å². The first kappa shape index (κ1) is 38.4. The van der Waals surface area contributed by atoms with Gasteiger partial charge in [0.25, 0.3) is 0 Å². The Morgan fingerprint density at radius 2 is 1.00 bits per heavy atom. The first-order valence-electron chi connectivity index (χ1n) is 22.4. The van der Waals surface area contributed by atoms with Crippen molar-refractivity contribution in [3.8, 4) is 44.8 Å². The van der Waals surface area contributed by atoms with Gasteiger partial charge in [0.1, 0.15) is 0 Å². The first-order chi connectivity index (χ1) is 31.7. The first-order valence-corrected chi connectivity index (χ1v) is 23.2. The van der Waals surface area contributed by atoms with E-state index in [0.717, 1.165) is 57.0 Å². The Bertz CT molecular complexity index is 3230. The standard InChI is InChI=1S/C61H44N2S/c1-2-46-50(41-32-30-40(31-33-41)47-36-37-55(42-18-6-3-7-19-42)62-60(47)44-22-10-5-11-23-44)39-56(63-59(46)43-20-8-4-9-21-43)45-34-35-49-48-24-12-13-25-51(48)61(54(49)38-45)52-26-14-16-28-57(52)64-58-29-17-15-27-53(58)61/h3-39,46,50H,2H2,1H3. The van der Waals surface area contributed by atoms with Crippen molar-refractivity contribution in [2.24, 2.45) is 10.9 Å². The largest absolute Gasteiger partial charge is 0.252 e. The number of benzene rings is 8. The number of hydrogen-bond donors (Lipinski definition) is 0. The van der Waals surface area contributed by atoms with Crippen LogP contribution in [0.3, 0.4) is 0 Å². The molecule has 3 heteroatoms. The van der Waals surface area contributed by atoms with Crippen LogP contribution in [0.15, 0.2) is 239 Å². The zero-order chi connectivity index (χ0) is 42.6. The minimum atomic E-state index is -0.449. The molecular weight excluding hydrogens is 793 g/mol. The number of pyridine rings is 1. The summed E-state index contributed by atoms with van der Waals surface area (Å²) in [4.78, 5) is 13.6. The molecule has 1 aliphatic carbocycles. The number of aliphatic imine (C=N–C) groups is 1. The van der Waals surface area contributed by atoms with Gasteiger partial charge in [-0.15, -0.1) is 0 Å². The van der Waals surface area contributed by atoms with Crippen molar-refractivity contribution in [3.63, 3.8) is 0 Å². The number of rotatable bonds is 7. The van der Waals surface area contributed by atoms with Gasteiger partial charge in [-0.25, -0.2) is 4.98 Å². The molecule has 9 aromatic rings. The van der Waals surface area contributed by atoms with E-state index in [1.54, 1.807) is 0 Å². The highest BCUT2D eigenvalue weighted by atomic mass is 32.2. The molecule has 0 saturated carbocycles. The van der Waals surface area contributed by atoms with Crippen LogP contribution < -0.4 is 0 Å². The van der Waals surface area contributed by atoms with Crippen molar-refractivity contribution < 1.29 is 0 Å². The van der Waals surface area contributed by atoms with Gasteiger partial charge >= 0.3 is 0 Å². The van der Waals surface area contributed by atoms with Crippen LogP contribution >= 0.6 is 11.8 Å². The molecule has 64 heavy (non-hydrogen) atoms. The minimum Gasteiger partial charge on any atom is -0.252 e. The summed E-state index contributed by atoms with van der Waals surface area (Å²) in [6, 6.07) is 79.8. The van der Waals surface area contributed by atoms with Crippen molar-refractivity contribution in [1.82, 2.24) is 4.98 Å². The van der Waals surface area contributed by atoms with Crippen LogP contribution in [-0.4, -0.2) is 10.7 Å². The maximum atomic E-state index is 5.66. The predicted octanol–water partition coefficient (Wildman–Crippen LogP) is 15.6. The minimum absolute atomic E-state index is 0.112. The van der Waals surface area contributed by atoms with Gasteiger partial charge in [-0.2, -0.15) is 0 Å². The lowest BCUT2D eigenvalue weighted by molar-refractivity contribution is 0.593. The molecule has 304 valence electrons. The lowest BCUT2D eigenvalue weighted by Crippen LogP contribution is -2.32. The van der Waals surface area contributed by atoms with Gasteiger partial charge in [0.15, 0.2) is 0 Å². The number of hydrogen-bond acceptors (Lipinski definition) is 3. The van der Waals surface area contributed by atoms with E-state index in [1.807, 2.05) is 11.8 Å². The molecule has 1 spiro atoms. The molecule has 3 heterocycles. The zero-order valence-electron chi connectivity index (χ0n) is 35.5. The maximum absolute atomic E-state index is 5.66. The highest BCUT2D eigenvalue weighted by Gasteiger charge is 2.50. The maximum Gasteiger partial charge on any atom is 0.0787 e. The Labute approximate surface area is 379 Å². The third-order valence-corrected chi connectivity index (χ3v) is 14.8. The second-order valence-corrected chi connectivity index (χ2v) is 18.1. The third kappa shape index (κ3) is 6.18. The van der Waals surface area contributed by atoms with Gasteiger partial charge in [0, 0.05) is 43.9 Å². The van der Waals surface area contributed by atoms with E-state index >= 15 is 0 Å². The molecule has 2 unspecified atom stereocenters. The molecule has 0 saturated heterocycles. The average molecular weight is 837 g/mol. The highest BCUT2D eigenvalue weighted by Crippen LogP contribution is 2.62. The van der Waals surface area contributed by atoms with E-state index in [2.05, 4.69) is 231 Å². The zero-order valence-corrected chi connectivity index (χ0v) is 36.3. The third-order valence-electron chi connectivity index (χ3n) is 13.6. The molecule has 2 nitrogen and oxygen atoms in total. The summed E-state index contributed by atoms with van der Waals surface area (Å²) >= 11 is 1.89. The Morgan fingerprint density at radius 3 is 1.67 bits per heavy atom. The molecule has 1 aromatic heterocycles. The molecular formula is C61H44N2S. The van der Waals surface area contributed by atoms with Crippen LogP contribution in [-0.2, 0) is 5.41 Å². The van der Waals surface area contributed by atoms with Crippen LogP contribution in [0.2, 0.25) is 0 Å². The van der Waals surface area contributed by atoms with E-state index < -0.39 is 5.41 Å². The molecule has 0 radical (unpaired) electrons. The SMILES string of the molecule is CCC1C(c2ccccc2)=NC(c2ccc3c(c2)C2(c4ccccc4Sc4ccccc42)c2ccccc2-3)=CC1c1ccc(-c2ccc(-c3ccccc3)nc2-c2ccccc2)cc1. The summed E-state index contributed by atoms with van der Waals surface area (Å²) < 4.78 is 0. The Balaban J connectivity index is 1.00. The summed E-state index contributed by atoms with van der Waals surface area (Å²) in [5, 5.41) is 0. The normalized spacial score (nSPS) is 16.5. The van der Waals surface area contributed by atoms with Gasteiger partial charge in [-0.1, -0.05) is 213 Å². The van der Waals surface area contributed by atoms with Crippen LogP contribution in [0, 0.1) is 5.92 Å². The fourth-order valence-corrected chi connectivity index (χ4v) is 11.9. The molecule has 2 atom stereocenters. The molecule has 2 aliphatic heterocycles. The van der Waals surface area contributed by atoms with Gasteiger partial charge in [-0.3, -0.25) is 4.99 Å². The molecule has 0 amide bonds. The van der Waals surface area contributed by atoms with E-state index in [-0.39, 0.29) is 11.8 Å². The summed E-state index contributed by atoms with van der Waals surface area (Å²) in [5.74, 6) is 0.309. The smallest absolute Gasteiger partial charge is 0.0787 e. The summed E-state index contributed by atoms with van der Waals surface area (Å²) in [5.41, 5.74) is 19.7. The molecule has 3 aliphatic rings. The number of nitrogens with zero attached hydrogens (tertiary/aromatic N) is 2.